The average Bonchev–Trinajstić information content (AvgIpc) is 2.72. The molecule has 2 aromatic rings. The Morgan fingerprint density at radius 2 is 1.75 bits per heavy atom. The van der Waals surface area contributed by atoms with Crippen LogP contribution in [0.1, 0.15) is 62.9 Å². The number of carbonyl (C=O) groups excluding carboxylic acids is 1. The van der Waals surface area contributed by atoms with Crippen LogP contribution in [0.4, 0.5) is 0 Å². The first-order valence-corrected chi connectivity index (χ1v) is 9.84. The van der Waals surface area contributed by atoms with Crippen molar-refractivity contribution in [3.8, 4) is 11.5 Å². The number of aliphatic hydroxyl groups is 1. The number of aliphatic hydroxyl groups excluding tert-OH is 1. The predicted octanol–water partition coefficient (Wildman–Crippen LogP) is 4.99. The quantitative estimate of drug-likeness (QED) is 0.435. The molecule has 5 heteroatoms. The Kier molecular flexibility index (Phi) is 8.82. The fraction of sp³-hybridized carbons (Fsp3) is 0.435. The zero-order valence-electron chi connectivity index (χ0n) is 16.9. The van der Waals surface area contributed by atoms with Crippen molar-refractivity contribution in [2.24, 2.45) is 0 Å². The number of benzene rings is 2. The number of carbonyl (C=O) groups is 1. The molecule has 0 aliphatic carbocycles. The number of methoxy groups -OCH3 is 1. The lowest BCUT2D eigenvalue weighted by Gasteiger charge is -2.19. The van der Waals surface area contributed by atoms with E-state index in [1.54, 1.807) is 50.4 Å². The van der Waals surface area contributed by atoms with Gasteiger partial charge < -0.3 is 19.3 Å². The van der Waals surface area contributed by atoms with Crippen molar-refractivity contribution in [2.75, 3.05) is 13.7 Å². The molecule has 0 aromatic heterocycles. The van der Waals surface area contributed by atoms with E-state index >= 15 is 0 Å². The van der Waals surface area contributed by atoms with E-state index in [0.717, 1.165) is 24.8 Å². The number of ether oxygens (including phenoxy) is 3. The Balaban J connectivity index is 2.18. The summed E-state index contributed by atoms with van der Waals surface area (Å²) in [5.74, 6) is 0.756. The summed E-state index contributed by atoms with van der Waals surface area (Å²) >= 11 is 0. The van der Waals surface area contributed by atoms with E-state index in [1.165, 1.54) is 0 Å². The van der Waals surface area contributed by atoms with Crippen LogP contribution in [-0.2, 0) is 9.53 Å². The van der Waals surface area contributed by atoms with Gasteiger partial charge in [0.2, 0.25) is 6.10 Å². The highest BCUT2D eigenvalue weighted by Crippen LogP contribution is 2.28. The highest BCUT2D eigenvalue weighted by molar-refractivity contribution is 5.77. The van der Waals surface area contributed by atoms with E-state index in [-0.39, 0.29) is 6.61 Å². The molecule has 0 saturated heterocycles. The van der Waals surface area contributed by atoms with Crippen molar-refractivity contribution < 1.29 is 24.1 Å². The van der Waals surface area contributed by atoms with Crippen molar-refractivity contribution in [1.29, 1.82) is 0 Å². The largest absolute Gasteiger partial charge is 0.497 e. The maximum absolute atomic E-state index is 12.5. The van der Waals surface area contributed by atoms with E-state index in [4.69, 9.17) is 14.2 Å². The van der Waals surface area contributed by atoms with Gasteiger partial charge in [0.15, 0.2) is 0 Å². The van der Waals surface area contributed by atoms with Crippen LogP contribution >= 0.6 is 0 Å². The first kappa shape index (κ1) is 21.8. The average molecular weight is 386 g/mol. The highest BCUT2D eigenvalue weighted by Gasteiger charge is 2.24. The van der Waals surface area contributed by atoms with Crippen LogP contribution in [0, 0.1) is 0 Å². The predicted molar refractivity (Wildman–Crippen MR) is 109 cm³/mol. The van der Waals surface area contributed by atoms with Gasteiger partial charge >= 0.3 is 5.97 Å². The Morgan fingerprint density at radius 1 is 1.00 bits per heavy atom. The first-order valence-electron chi connectivity index (χ1n) is 9.84. The molecule has 0 aliphatic rings. The summed E-state index contributed by atoms with van der Waals surface area (Å²) < 4.78 is 16.3. The molecule has 2 rings (SSSR count). The Morgan fingerprint density at radius 3 is 2.39 bits per heavy atom. The minimum atomic E-state index is -0.890. The van der Waals surface area contributed by atoms with E-state index in [0.29, 0.717) is 23.5 Å². The second-order valence-corrected chi connectivity index (χ2v) is 6.61. The summed E-state index contributed by atoms with van der Waals surface area (Å²) in [7, 11) is 1.59. The van der Waals surface area contributed by atoms with Crippen molar-refractivity contribution in [2.45, 2.75) is 51.7 Å². The molecule has 0 radical (unpaired) electrons. The topological polar surface area (TPSA) is 65.0 Å². The number of esters is 1. The van der Waals surface area contributed by atoms with Gasteiger partial charge in [-0.1, -0.05) is 50.5 Å². The molecule has 0 bridgehead atoms. The maximum Gasteiger partial charge on any atom is 0.352 e. The standard InChI is InChI=1S/C23H30O5/c1-4-6-7-11-21(24)18-9-8-10-20(16-18)28-22(23(25)27-5-2)17-12-14-19(26-3)15-13-17/h8-10,12-16,21-22,24H,4-7,11H2,1-3H3. The van der Waals surface area contributed by atoms with E-state index < -0.39 is 18.2 Å². The van der Waals surface area contributed by atoms with Gasteiger partial charge in [-0.2, -0.15) is 0 Å². The second kappa shape index (κ2) is 11.3. The SMILES string of the molecule is CCCCCC(O)c1cccc(OC(C(=O)OCC)c2ccc(OC)cc2)c1. The second-order valence-electron chi connectivity index (χ2n) is 6.61. The van der Waals surface area contributed by atoms with Crippen LogP contribution < -0.4 is 9.47 Å². The molecule has 0 amide bonds. The van der Waals surface area contributed by atoms with Gasteiger partial charge in [-0.25, -0.2) is 4.79 Å². The molecule has 1 N–H and O–H groups in total. The summed E-state index contributed by atoms with van der Waals surface area (Å²) in [5.41, 5.74) is 1.46. The van der Waals surface area contributed by atoms with E-state index in [1.807, 2.05) is 12.1 Å². The zero-order chi connectivity index (χ0) is 20.4. The lowest BCUT2D eigenvalue weighted by molar-refractivity contribution is -0.151. The number of hydrogen-bond acceptors (Lipinski definition) is 5. The Bertz CT molecular complexity index is 726. The van der Waals surface area contributed by atoms with Gasteiger partial charge in [-0.05, 0) is 43.2 Å². The van der Waals surface area contributed by atoms with Crippen LogP contribution in [0.15, 0.2) is 48.5 Å². The molecule has 0 fully saturated rings. The zero-order valence-corrected chi connectivity index (χ0v) is 16.9. The molecule has 0 heterocycles. The minimum absolute atomic E-state index is 0.269. The molecule has 0 spiro atoms. The Hall–Kier alpha value is -2.53. The summed E-state index contributed by atoms with van der Waals surface area (Å²) in [6.45, 7) is 4.16. The number of unbranched alkanes of at least 4 members (excludes halogenated alkanes) is 2. The third-order valence-corrected chi connectivity index (χ3v) is 4.50. The van der Waals surface area contributed by atoms with Crippen molar-refractivity contribution in [3.05, 3.63) is 59.7 Å². The Labute approximate surface area is 167 Å². The van der Waals surface area contributed by atoms with E-state index in [9.17, 15) is 9.90 Å². The van der Waals surface area contributed by atoms with Gasteiger partial charge in [0.1, 0.15) is 11.5 Å². The number of hydrogen-bond donors (Lipinski definition) is 1. The third-order valence-electron chi connectivity index (χ3n) is 4.50. The number of rotatable bonds is 11. The fourth-order valence-corrected chi connectivity index (χ4v) is 2.93. The summed E-state index contributed by atoms with van der Waals surface area (Å²) in [4.78, 5) is 12.5. The maximum atomic E-state index is 12.5. The van der Waals surface area contributed by atoms with Crippen LogP contribution in [-0.4, -0.2) is 24.8 Å². The lowest BCUT2D eigenvalue weighted by Crippen LogP contribution is -2.21. The fourth-order valence-electron chi connectivity index (χ4n) is 2.93. The smallest absolute Gasteiger partial charge is 0.352 e. The lowest BCUT2D eigenvalue weighted by atomic mass is 10.0. The molecule has 0 aliphatic heterocycles. The van der Waals surface area contributed by atoms with Gasteiger partial charge in [0.25, 0.3) is 0 Å². The molecule has 0 saturated carbocycles. The molecule has 2 aromatic carbocycles. The van der Waals surface area contributed by atoms with Crippen LogP contribution in [0.2, 0.25) is 0 Å². The van der Waals surface area contributed by atoms with Crippen LogP contribution in [0.5, 0.6) is 11.5 Å². The van der Waals surface area contributed by atoms with Crippen molar-refractivity contribution in [1.82, 2.24) is 0 Å². The summed E-state index contributed by atoms with van der Waals surface area (Å²) in [5, 5.41) is 10.4. The molecule has 2 unspecified atom stereocenters. The van der Waals surface area contributed by atoms with E-state index in [2.05, 4.69) is 6.92 Å². The van der Waals surface area contributed by atoms with Gasteiger partial charge in [0, 0.05) is 5.56 Å². The molecule has 28 heavy (non-hydrogen) atoms. The minimum Gasteiger partial charge on any atom is -0.497 e. The van der Waals surface area contributed by atoms with Crippen molar-refractivity contribution in [3.63, 3.8) is 0 Å². The van der Waals surface area contributed by atoms with Crippen LogP contribution in [0.25, 0.3) is 0 Å². The summed E-state index contributed by atoms with van der Waals surface area (Å²) in [6.07, 6.45) is 2.45. The molecular weight excluding hydrogens is 356 g/mol. The molecule has 2 atom stereocenters. The van der Waals surface area contributed by atoms with Crippen LogP contribution in [0.3, 0.4) is 0 Å². The van der Waals surface area contributed by atoms with Gasteiger partial charge in [0.05, 0.1) is 19.8 Å². The monoisotopic (exact) mass is 386 g/mol. The normalized spacial score (nSPS) is 12.9. The van der Waals surface area contributed by atoms with Gasteiger partial charge in [-0.3, -0.25) is 0 Å². The highest BCUT2D eigenvalue weighted by atomic mass is 16.6. The third kappa shape index (κ3) is 6.27. The molecular formula is C23H30O5. The first-order chi connectivity index (χ1) is 13.6. The summed E-state index contributed by atoms with van der Waals surface area (Å²) in [6, 6.07) is 14.4. The van der Waals surface area contributed by atoms with Gasteiger partial charge in [-0.15, -0.1) is 0 Å². The molecule has 152 valence electrons. The molecule has 5 nitrogen and oxygen atoms in total. The van der Waals surface area contributed by atoms with Crippen molar-refractivity contribution >= 4 is 5.97 Å².